The molecule has 20 heavy (non-hydrogen) atoms. The minimum atomic E-state index is 0.194. The van der Waals surface area contributed by atoms with Gasteiger partial charge in [0.1, 0.15) is 5.76 Å². The molecule has 0 spiro atoms. The number of hydrogen-bond acceptors (Lipinski definition) is 3. The molecule has 0 aliphatic heterocycles. The molecule has 0 amide bonds. The largest absolute Gasteiger partial charge is 0.468 e. The molecule has 108 valence electrons. The summed E-state index contributed by atoms with van der Waals surface area (Å²) in [5, 5.41) is 8.07. The molecule has 3 rings (SSSR count). The number of hydrogen-bond donors (Lipinski definition) is 1. The Morgan fingerprint density at radius 3 is 2.90 bits per heavy atom. The van der Waals surface area contributed by atoms with Crippen molar-refractivity contribution in [3.63, 3.8) is 0 Å². The Labute approximate surface area is 120 Å². The first-order chi connectivity index (χ1) is 9.86. The van der Waals surface area contributed by atoms with Crippen LogP contribution in [0.5, 0.6) is 0 Å². The number of likely N-dealkylation sites (N-methyl/N-ethyl adjacent to an activating group) is 1. The highest BCUT2D eigenvalue weighted by molar-refractivity contribution is 5.10. The van der Waals surface area contributed by atoms with E-state index in [4.69, 9.17) is 9.52 Å². The van der Waals surface area contributed by atoms with Crippen molar-refractivity contribution >= 4 is 0 Å². The van der Waals surface area contributed by atoms with E-state index in [-0.39, 0.29) is 6.04 Å². The third-order valence-corrected chi connectivity index (χ3v) is 4.26. The van der Waals surface area contributed by atoms with Crippen LogP contribution in [0.2, 0.25) is 0 Å². The predicted molar refractivity (Wildman–Crippen MR) is 78.6 cm³/mol. The molecule has 4 heteroatoms. The van der Waals surface area contributed by atoms with E-state index in [0.717, 1.165) is 17.9 Å². The van der Waals surface area contributed by atoms with Crippen LogP contribution in [-0.2, 0) is 6.42 Å². The lowest BCUT2D eigenvalue weighted by Gasteiger charge is -2.21. The van der Waals surface area contributed by atoms with Gasteiger partial charge in [-0.15, -0.1) is 0 Å². The summed E-state index contributed by atoms with van der Waals surface area (Å²) >= 11 is 0. The zero-order valence-corrected chi connectivity index (χ0v) is 12.1. The van der Waals surface area contributed by atoms with Crippen molar-refractivity contribution in [2.24, 2.45) is 0 Å². The number of nitrogens with zero attached hydrogens (tertiary/aromatic N) is 2. The van der Waals surface area contributed by atoms with Crippen LogP contribution >= 0.6 is 0 Å². The molecule has 1 fully saturated rings. The molecule has 0 radical (unpaired) electrons. The third kappa shape index (κ3) is 2.96. The van der Waals surface area contributed by atoms with Gasteiger partial charge in [0.15, 0.2) is 0 Å². The molecule has 1 aliphatic rings. The van der Waals surface area contributed by atoms with E-state index < -0.39 is 0 Å². The van der Waals surface area contributed by atoms with Crippen molar-refractivity contribution in [2.75, 3.05) is 7.05 Å². The van der Waals surface area contributed by atoms with Gasteiger partial charge in [0.2, 0.25) is 0 Å². The second kappa shape index (κ2) is 6.27. The fourth-order valence-electron chi connectivity index (χ4n) is 3.08. The molecule has 1 saturated carbocycles. The summed E-state index contributed by atoms with van der Waals surface area (Å²) in [6.07, 6.45) is 11.3. The van der Waals surface area contributed by atoms with E-state index in [1.54, 1.807) is 6.26 Å². The highest BCUT2D eigenvalue weighted by atomic mass is 16.3. The van der Waals surface area contributed by atoms with Gasteiger partial charge in [-0.05, 0) is 38.1 Å². The molecular weight excluding hydrogens is 250 g/mol. The van der Waals surface area contributed by atoms with E-state index in [9.17, 15) is 0 Å². The monoisotopic (exact) mass is 273 g/mol. The Kier molecular flexibility index (Phi) is 4.21. The van der Waals surface area contributed by atoms with Crippen molar-refractivity contribution in [3.8, 4) is 0 Å². The molecule has 1 atom stereocenters. The first kappa shape index (κ1) is 13.4. The molecule has 2 aromatic heterocycles. The van der Waals surface area contributed by atoms with Crippen LogP contribution < -0.4 is 5.32 Å². The minimum absolute atomic E-state index is 0.194. The fraction of sp³-hybridized carbons (Fsp3) is 0.562. The second-order valence-electron chi connectivity index (χ2n) is 5.64. The molecule has 1 unspecified atom stereocenters. The molecule has 0 bridgehead atoms. The van der Waals surface area contributed by atoms with Gasteiger partial charge in [0.25, 0.3) is 0 Å². The topological polar surface area (TPSA) is 43.0 Å². The lowest BCUT2D eigenvalue weighted by atomic mass is 9.96. The Morgan fingerprint density at radius 2 is 2.20 bits per heavy atom. The van der Waals surface area contributed by atoms with Crippen molar-refractivity contribution < 1.29 is 4.42 Å². The third-order valence-electron chi connectivity index (χ3n) is 4.26. The van der Waals surface area contributed by atoms with Crippen LogP contribution in [-0.4, -0.2) is 16.8 Å². The van der Waals surface area contributed by atoms with Crippen LogP contribution in [0.3, 0.4) is 0 Å². The Balaban J connectivity index is 1.67. The standard InChI is InChI=1S/C16H23N3O/c1-17-15(16-8-5-11-20-16)12-13-9-10-19(18-13)14-6-3-2-4-7-14/h5,8-11,14-15,17H,2-4,6-7,12H2,1H3. The molecule has 1 aliphatic carbocycles. The number of aromatic nitrogens is 2. The van der Waals surface area contributed by atoms with Crippen molar-refractivity contribution in [1.29, 1.82) is 0 Å². The number of nitrogens with one attached hydrogen (secondary N) is 1. The SMILES string of the molecule is CNC(Cc1ccn(C2CCCCC2)n1)c1ccco1. The van der Waals surface area contributed by atoms with Crippen LogP contribution in [0.15, 0.2) is 35.1 Å². The van der Waals surface area contributed by atoms with Gasteiger partial charge in [-0.1, -0.05) is 19.3 Å². The molecule has 2 aromatic rings. The highest BCUT2D eigenvalue weighted by Gasteiger charge is 2.18. The minimum Gasteiger partial charge on any atom is -0.468 e. The van der Waals surface area contributed by atoms with E-state index in [1.165, 1.54) is 32.1 Å². The van der Waals surface area contributed by atoms with Crippen LogP contribution in [0.25, 0.3) is 0 Å². The van der Waals surface area contributed by atoms with Gasteiger partial charge in [0.05, 0.1) is 24.0 Å². The Bertz CT molecular complexity index is 512. The van der Waals surface area contributed by atoms with Crippen molar-refractivity contribution in [1.82, 2.24) is 15.1 Å². The molecule has 4 nitrogen and oxygen atoms in total. The van der Waals surface area contributed by atoms with Gasteiger partial charge < -0.3 is 9.73 Å². The van der Waals surface area contributed by atoms with Crippen molar-refractivity contribution in [2.45, 2.75) is 50.6 Å². The predicted octanol–water partition coefficient (Wildman–Crippen LogP) is 3.48. The molecule has 0 aromatic carbocycles. The summed E-state index contributed by atoms with van der Waals surface area (Å²) in [6, 6.07) is 6.88. The average Bonchev–Trinajstić information content (AvgIpc) is 3.17. The van der Waals surface area contributed by atoms with E-state index in [1.807, 2.05) is 19.2 Å². The van der Waals surface area contributed by atoms with Gasteiger partial charge >= 0.3 is 0 Å². The van der Waals surface area contributed by atoms with Gasteiger partial charge in [-0.2, -0.15) is 5.10 Å². The summed E-state index contributed by atoms with van der Waals surface area (Å²) < 4.78 is 7.65. The number of rotatable bonds is 5. The zero-order valence-electron chi connectivity index (χ0n) is 12.1. The normalized spacial score (nSPS) is 18.2. The van der Waals surface area contributed by atoms with Crippen LogP contribution in [0.4, 0.5) is 0 Å². The van der Waals surface area contributed by atoms with E-state index in [2.05, 4.69) is 22.3 Å². The quantitative estimate of drug-likeness (QED) is 0.907. The van der Waals surface area contributed by atoms with Crippen molar-refractivity contribution in [3.05, 3.63) is 42.1 Å². The Hall–Kier alpha value is -1.55. The molecule has 1 N–H and O–H groups in total. The van der Waals surface area contributed by atoms with Crippen LogP contribution in [0.1, 0.15) is 55.6 Å². The van der Waals surface area contributed by atoms with Gasteiger partial charge in [0, 0.05) is 12.6 Å². The maximum absolute atomic E-state index is 5.48. The summed E-state index contributed by atoms with van der Waals surface area (Å²) in [6.45, 7) is 0. The van der Waals surface area contributed by atoms with Gasteiger partial charge in [-0.25, -0.2) is 0 Å². The van der Waals surface area contributed by atoms with E-state index in [0.29, 0.717) is 6.04 Å². The van der Waals surface area contributed by atoms with E-state index >= 15 is 0 Å². The summed E-state index contributed by atoms with van der Waals surface area (Å²) in [5.41, 5.74) is 1.13. The van der Waals surface area contributed by atoms with Crippen LogP contribution in [0, 0.1) is 0 Å². The van der Waals surface area contributed by atoms with Gasteiger partial charge in [-0.3, -0.25) is 4.68 Å². The lowest BCUT2D eigenvalue weighted by Crippen LogP contribution is -2.19. The molecule has 0 saturated heterocycles. The highest BCUT2D eigenvalue weighted by Crippen LogP contribution is 2.28. The number of furan rings is 1. The summed E-state index contributed by atoms with van der Waals surface area (Å²) in [5.74, 6) is 0.972. The molecular formula is C16H23N3O. The average molecular weight is 273 g/mol. The summed E-state index contributed by atoms with van der Waals surface area (Å²) in [4.78, 5) is 0. The fourth-order valence-corrected chi connectivity index (χ4v) is 3.08. The second-order valence-corrected chi connectivity index (χ2v) is 5.64. The maximum Gasteiger partial charge on any atom is 0.121 e. The first-order valence-electron chi connectivity index (χ1n) is 7.61. The smallest absolute Gasteiger partial charge is 0.121 e. The Morgan fingerprint density at radius 1 is 1.35 bits per heavy atom. The molecule has 2 heterocycles. The zero-order chi connectivity index (χ0) is 13.8. The summed E-state index contributed by atoms with van der Waals surface area (Å²) in [7, 11) is 1.96. The maximum atomic E-state index is 5.48. The lowest BCUT2D eigenvalue weighted by molar-refractivity contribution is 0.327. The first-order valence-corrected chi connectivity index (χ1v) is 7.61.